The van der Waals surface area contributed by atoms with Crippen LogP contribution in [0.5, 0.6) is 5.88 Å². The summed E-state index contributed by atoms with van der Waals surface area (Å²) in [4.78, 5) is 31.1. The number of hydrogen-bond acceptors (Lipinski definition) is 4. The van der Waals surface area contributed by atoms with Crippen molar-refractivity contribution >= 4 is 23.1 Å². The highest BCUT2D eigenvalue weighted by Gasteiger charge is 2.13. The summed E-state index contributed by atoms with van der Waals surface area (Å²) in [6.45, 7) is 0. The number of aromatic nitrogens is 3. The normalized spacial score (nSPS) is 11.3. The Kier molecular flexibility index (Phi) is 4.14. The van der Waals surface area contributed by atoms with Crippen molar-refractivity contribution in [3.8, 4) is 11.6 Å². The topological polar surface area (TPSA) is 88.0 Å². The number of nitrogens with zero attached hydrogens (tertiary/aromatic N) is 2. The summed E-state index contributed by atoms with van der Waals surface area (Å²) in [6, 6.07) is 20.0. The molecule has 4 rings (SSSR count). The number of H-pyrrole nitrogens is 1. The molecular weight excluding hydrogens is 342 g/mol. The summed E-state index contributed by atoms with van der Waals surface area (Å²) in [5.74, 6) is -0.424. The van der Waals surface area contributed by atoms with Crippen molar-refractivity contribution in [1.82, 2.24) is 14.5 Å². The fourth-order valence-electron chi connectivity index (χ4n) is 2.85. The second-order valence-electron chi connectivity index (χ2n) is 5.93. The molecule has 0 aliphatic rings. The van der Waals surface area contributed by atoms with Crippen LogP contribution < -0.4 is 11.2 Å². The SMILES string of the molecule is O=c1[nH]c(=O)n(-c2ccccc2)c(O)c1/C=C/c1ccc2ccccc2n1. The standard InChI is InChI=1S/C21H15N3O3/c25-19-17(13-12-15-11-10-14-6-4-5-9-18(14)22-15)20(26)24(21(27)23-19)16-7-2-1-3-8-16/h1-13,26H,(H,23,25,27)/b13-12+. The number of nitrogens with one attached hydrogen (secondary N) is 1. The molecule has 0 saturated heterocycles. The van der Waals surface area contributed by atoms with E-state index < -0.39 is 17.1 Å². The molecule has 0 amide bonds. The number of hydrogen-bond donors (Lipinski definition) is 2. The lowest BCUT2D eigenvalue weighted by molar-refractivity contribution is 0.429. The van der Waals surface area contributed by atoms with Crippen molar-refractivity contribution < 1.29 is 5.11 Å². The van der Waals surface area contributed by atoms with Crippen LogP contribution in [0.4, 0.5) is 0 Å². The molecule has 6 nitrogen and oxygen atoms in total. The third kappa shape index (κ3) is 3.16. The smallest absolute Gasteiger partial charge is 0.335 e. The summed E-state index contributed by atoms with van der Waals surface area (Å²) in [5.41, 5.74) is 0.520. The Hall–Kier alpha value is -3.93. The van der Waals surface area contributed by atoms with E-state index in [0.29, 0.717) is 11.4 Å². The van der Waals surface area contributed by atoms with Crippen molar-refractivity contribution in [2.24, 2.45) is 0 Å². The zero-order valence-corrected chi connectivity index (χ0v) is 14.2. The highest BCUT2D eigenvalue weighted by molar-refractivity contribution is 5.81. The average Bonchev–Trinajstić information content (AvgIpc) is 2.68. The number of aromatic amines is 1. The minimum Gasteiger partial charge on any atom is -0.494 e. The van der Waals surface area contributed by atoms with Crippen LogP contribution in [0.15, 0.2) is 76.3 Å². The number of aromatic hydroxyl groups is 1. The third-order valence-electron chi connectivity index (χ3n) is 4.18. The molecule has 0 fully saturated rings. The maximum atomic E-state index is 12.2. The van der Waals surface area contributed by atoms with Gasteiger partial charge in [0.15, 0.2) is 0 Å². The molecule has 132 valence electrons. The Morgan fingerprint density at radius 1 is 0.889 bits per heavy atom. The Bertz CT molecular complexity index is 1270. The van der Waals surface area contributed by atoms with Crippen LogP contribution in [0.3, 0.4) is 0 Å². The van der Waals surface area contributed by atoms with Gasteiger partial charge in [-0.15, -0.1) is 0 Å². The first-order valence-electron chi connectivity index (χ1n) is 8.31. The van der Waals surface area contributed by atoms with Gasteiger partial charge in [-0.1, -0.05) is 42.5 Å². The first kappa shape index (κ1) is 16.5. The molecule has 0 unspecified atom stereocenters. The number of pyridine rings is 1. The van der Waals surface area contributed by atoms with Crippen LogP contribution in [0.25, 0.3) is 28.7 Å². The molecule has 6 heteroatoms. The Labute approximate surface area is 153 Å². The lowest BCUT2D eigenvalue weighted by atomic mass is 10.2. The second-order valence-corrected chi connectivity index (χ2v) is 5.93. The van der Waals surface area contributed by atoms with E-state index in [1.165, 1.54) is 6.08 Å². The number of fused-ring (bicyclic) bond motifs is 1. The van der Waals surface area contributed by atoms with Gasteiger partial charge in [0.05, 0.1) is 16.9 Å². The summed E-state index contributed by atoms with van der Waals surface area (Å²) in [6.07, 6.45) is 3.07. The van der Waals surface area contributed by atoms with E-state index in [1.807, 2.05) is 36.4 Å². The first-order valence-corrected chi connectivity index (χ1v) is 8.31. The number of benzene rings is 2. The minimum atomic E-state index is -0.704. The van der Waals surface area contributed by atoms with Gasteiger partial charge in [0.25, 0.3) is 5.56 Å². The first-order chi connectivity index (χ1) is 13.1. The Morgan fingerprint density at radius 3 is 2.44 bits per heavy atom. The zero-order chi connectivity index (χ0) is 18.8. The summed E-state index contributed by atoms with van der Waals surface area (Å²) in [5, 5.41) is 11.5. The largest absolute Gasteiger partial charge is 0.494 e. The quantitative estimate of drug-likeness (QED) is 0.590. The van der Waals surface area contributed by atoms with E-state index in [-0.39, 0.29) is 5.56 Å². The molecule has 0 atom stereocenters. The van der Waals surface area contributed by atoms with Crippen LogP contribution in [-0.4, -0.2) is 19.6 Å². The zero-order valence-electron chi connectivity index (χ0n) is 14.2. The lowest BCUT2D eigenvalue weighted by Crippen LogP contribution is -2.30. The van der Waals surface area contributed by atoms with Crippen molar-refractivity contribution in [2.45, 2.75) is 0 Å². The molecule has 0 spiro atoms. The molecule has 2 aromatic heterocycles. The van der Waals surface area contributed by atoms with Crippen LogP contribution in [0.2, 0.25) is 0 Å². The van der Waals surface area contributed by atoms with E-state index in [4.69, 9.17) is 0 Å². The maximum Gasteiger partial charge on any atom is 0.335 e. The molecule has 4 aromatic rings. The molecule has 27 heavy (non-hydrogen) atoms. The predicted molar refractivity (Wildman–Crippen MR) is 105 cm³/mol. The Morgan fingerprint density at radius 2 is 1.63 bits per heavy atom. The molecule has 0 aliphatic carbocycles. The van der Waals surface area contributed by atoms with E-state index in [9.17, 15) is 14.7 Å². The molecular formula is C21H15N3O3. The van der Waals surface area contributed by atoms with Crippen molar-refractivity contribution in [3.63, 3.8) is 0 Å². The van der Waals surface area contributed by atoms with Gasteiger partial charge in [0.1, 0.15) is 5.56 Å². The maximum absolute atomic E-state index is 12.2. The summed E-state index contributed by atoms with van der Waals surface area (Å²) in [7, 11) is 0. The summed E-state index contributed by atoms with van der Waals surface area (Å²) < 4.78 is 1.05. The van der Waals surface area contributed by atoms with Gasteiger partial charge in [-0.05, 0) is 36.4 Å². The van der Waals surface area contributed by atoms with Gasteiger partial charge in [-0.2, -0.15) is 0 Å². The van der Waals surface area contributed by atoms with Gasteiger partial charge in [0, 0.05) is 5.39 Å². The Balaban J connectivity index is 1.80. The van der Waals surface area contributed by atoms with Crippen molar-refractivity contribution in [3.05, 3.63) is 98.8 Å². The second kappa shape index (κ2) is 6.76. The van der Waals surface area contributed by atoms with Crippen molar-refractivity contribution in [2.75, 3.05) is 0 Å². The van der Waals surface area contributed by atoms with Gasteiger partial charge >= 0.3 is 5.69 Å². The molecule has 0 saturated carbocycles. The van der Waals surface area contributed by atoms with Gasteiger partial charge < -0.3 is 5.11 Å². The van der Waals surface area contributed by atoms with Crippen LogP contribution in [0.1, 0.15) is 11.3 Å². The fraction of sp³-hybridized carbons (Fsp3) is 0. The highest BCUT2D eigenvalue weighted by atomic mass is 16.3. The molecule has 2 heterocycles. The van der Waals surface area contributed by atoms with Gasteiger partial charge in [0.2, 0.25) is 5.88 Å². The van der Waals surface area contributed by atoms with E-state index in [1.54, 1.807) is 36.4 Å². The molecule has 0 aliphatic heterocycles. The average molecular weight is 357 g/mol. The van der Waals surface area contributed by atoms with Crippen molar-refractivity contribution in [1.29, 1.82) is 0 Å². The number of rotatable bonds is 3. The van der Waals surface area contributed by atoms with Crippen LogP contribution >= 0.6 is 0 Å². The van der Waals surface area contributed by atoms with E-state index in [2.05, 4.69) is 9.97 Å². The fourth-order valence-corrected chi connectivity index (χ4v) is 2.85. The lowest BCUT2D eigenvalue weighted by Gasteiger charge is -2.09. The summed E-state index contributed by atoms with van der Waals surface area (Å²) >= 11 is 0. The van der Waals surface area contributed by atoms with Gasteiger partial charge in [-0.25, -0.2) is 14.3 Å². The van der Waals surface area contributed by atoms with E-state index in [0.717, 1.165) is 15.5 Å². The monoisotopic (exact) mass is 357 g/mol. The van der Waals surface area contributed by atoms with Crippen LogP contribution in [-0.2, 0) is 0 Å². The molecule has 2 aromatic carbocycles. The van der Waals surface area contributed by atoms with Crippen LogP contribution in [0, 0.1) is 0 Å². The predicted octanol–water partition coefficient (Wildman–Crippen LogP) is 2.95. The third-order valence-corrected chi connectivity index (χ3v) is 4.18. The minimum absolute atomic E-state index is 0.0200. The highest BCUT2D eigenvalue weighted by Crippen LogP contribution is 2.19. The molecule has 2 N–H and O–H groups in total. The number of para-hydroxylation sites is 2. The van der Waals surface area contributed by atoms with E-state index >= 15 is 0 Å². The van der Waals surface area contributed by atoms with Gasteiger partial charge in [-0.3, -0.25) is 9.78 Å². The molecule has 0 bridgehead atoms. The molecule has 0 radical (unpaired) electrons.